The van der Waals surface area contributed by atoms with Crippen LogP contribution in [0, 0.1) is 0 Å². The maximum absolute atomic E-state index is 10.8. The van der Waals surface area contributed by atoms with E-state index >= 15 is 0 Å². The Balaban J connectivity index is 2.60. The van der Waals surface area contributed by atoms with Gasteiger partial charge in [-0.05, 0) is 0 Å². The van der Waals surface area contributed by atoms with E-state index in [4.69, 9.17) is 9.47 Å². The van der Waals surface area contributed by atoms with Crippen molar-refractivity contribution in [2.75, 3.05) is 12.9 Å². The van der Waals surface area contributed by atoms with Gasteiger partial charge in [0.2, 0.25) is 0 Å². The number of aliphatic hydroxyl groups is 3. The van der Waals surface area contributed by atoms with Crippen LogP contribution in [0.5, 0.6) is 0 Å². The van der Waals surface area contributed by atoms with E-state index in [1.54, 1.807) is 0 Å². The van der Waals surface area contributed by atoms with E-state index in [2.05, 4.69) is 0 Å². The lowest BCUT2D eigenvalue weighted by Crippen LogP contribution is -2.58. The molecule has 0 aromatic carbocycles. The number of methoxy groups -OCH3 is 1. The van der Waals surface area contributed by atoms with Crippen LogP contribution in [0.4, 0.5) is 0 Å². The van der Waals surface area contributed by atoms with Gasteiger partial charge in [-0.2, -0.15) is 0 Å². The molecule has 1 heterocycles. The third kappa shape index (κ3) is 3.16. The van der Waals surface area contributed by atoms with Crippen molar-refractivity contribution in [2.45, 2.75) is 37.6 Å². The highest BCUT2D eigenvalue weighted by Gasteiger charge is 2.43. The zero-order valence-electron chi connectivity index (χ0n) is 9.07. The van der Waals surface area contributed by atoms with Crippen molar-refractivity contribution in [3.8, 4) is 0 Å². The zero-order valence-corrected chi connectivity index (χ0v) is 9.88. The van der Waals surface area contributed by atoms with Gasteiger partial charge in [0.15, 0.2) is 11.4 Å². The highest BCUT2D eigenvalue weighted by Crippen LogP contribution is 2.24. The van der Waals surface area contributed by atoms with E-state index < -0.39 is 30.7 Å². The van der Waals surface area contributed by atoms with E-state index in [1.807, 2.05) is 0 Å². The molecule has 0 radical (unpaired) electrons. The molecule has 16 heavy (non-hydrogen) atoms. The van der Waals surface area contributed by atoms with Crippen LogP contribution in [-0.2, 0) is 14.3 Å². The Morgan fingerprint density at radius 1 is 1.31 bits per heavy atom. The van der Waals surface area contributed by atoms with Gasteiger partial charge < -0.3 is 24.8 Å². The first-order chi connectivity index (χ1) is 7.47. The van der Waals surface area contributed by atoms with Gasteiger partial charge in [-0.3, -0.25) is 4.79 Å². The number of carbonyl (C=O) groups excluding carboxylic acids is 1. The fraction of sp³-hybridized carbons (Fsp3) is 0.889. The Morgan fingerprint density at radius 2 is 1.94 bits per heavy atom. The van der Waals surface area contributed by atoms with Crippen molar-refractivity contribution in [3.63, 3.8) is 0 Å². The van der Waals surface area contributed by atoms with Crippen molar-refractivity contribution in [3.05, 3.63) is 0 Å². The second-order valence-corrected chi connectivity index (χ2v) is 4.75. The highest BCUT2D eigenvalue weighted by atomic mass is 32.2. The highest BCUT2D eigenvalue weighted by molar-refractivity contribution is 8.13. The standard InChI is InChI=1S/C9H16O6S/c1-4(10)16-3-5-6(11)7(12)8(13)9(14-2)15-5/h5-9,11-13H,3H2,1-2H3/t5?,6-,7?,8-,9+/m0/s1. The van der Waals surface area contributed by atoms with Gasteiger partial charge in [0.05, 0.1) is 6.10 Å². The molecule has 2 unspecified atom stereocenters. The summed E-state index contributed by atoms with van der Waals surface area (Å²) in [5.41, 5.74) is 0. The van der Waals surface area contributed by atoms with E-state index in [0.29, 0.717) is 0 Å². The Bertz CT molecular complexity index is 246. The van der Waals surface area contributed by atoms with Crippen LogP contribution in [0.2, 0.25) is 0 Å². The minimum atomic E-state index is -1.34. The van der Waals surface area contributed by atoms with Gasteiger partial charge in [-0.1, -0.05) is 11.8 Å². The maximum Gasteiger partial charge on any atom is 0.186 e. The normalized spacial score (nSPS) is 39.7. The van der Waals surface area contributed by atoms with E-state index in [1.165, 1.54) is 14.0 Å². The maximum atomic E-state index is 10.8. The molecule has 1 rings (SSSR count). The summed E-state index contributed by atoms with van der Waals surface area (Å²) in [5.74, 6) is 0.208. The number of ether oxygens (including phenoxy) is 2. The van der Waals surface area contributed by atoms with Gasteiger partial charge >= 0.3 is 0 Å². The zero-order chi connectivity index (χ0) is 12.3. The first kappa shape index (κ1) is 13.9. The molecule has 0 aliphatic carbocycles. The van der Waals surface area contributed by atoms with Gasteiger partial charge in [-0.25, -0.2) is 0 Å². The van der Waals surface area contributed by atoms with Crippen LogP contribution in [0.3, 0.4) is 0 Å². The minimum absolute atomic E-state index is 0.106. The first-order valence-corrected chi connectivity index (χ1v) is 5.81. The number of thioether (sulfide) groups is 1. The van der Waals surface area contributed by atoms with Crippen molar-refractivity contribution in [2.24, 2.45) is 0 Å². The summed E-state index contributed by atoms with van der Waals surface area (Å²) in [6, 6.07) is 0. The number of hydrogen-bond acceptors (Lipinski definition) is 7. The molecule has 94 valence electrons. The molecule has 1 fully saturated rings. The van der Waals surface area contributed by atoms with Crippen LogP contribution in [0.1, 0.15) is 6.92 Å². The molecule has 0 aromatic rings. The average Bonchev–Trinajstić information content (AvgIpc) is 2.25. The van der Waals surface area contributed by atoms with Crippen molar-refractivity contribution >= 4 is 16.9 Å². The number of carbonyl (C=O) groups is 1. The third-order valence-electron chi connectivity index (χ3n) is 2.35. The van der Waals surface area contributed by atoms with Gasteiger partial charge in [-0.15, -0.1) is 0 Å². The van der Waals surface area contributed by atoms with Crippen LogP contribution in [-0.4, -0.2) is 64.0 Å². The third-order valence-corrected chi connectivity index (χ3v) is 3.25. The van der Waals surface area contributed by atoms with E-state index in [9.17, 15) is 20.1 Å². The van der Waals surface area contributed by atoms with Gasteiger partial charge in [0.1, 0.15) is 18.3 Å². The SMILES string of the molecule is CO[C@@H]1OC(CSC(C)=O)[C@H](O)C(O)[C@@H]1O. The molecule has 1 saturated heterocycles. The average molecular weight is 252 g/mol. The second-order valence-electron chi connectivity index (χ2n) is 3.55. The molecule has 3 N–H and O–H groups in total. The molecule has 6 nitrogen and oxygen atoms in total. The smallest absolute Gasteiger partial charge is 0.186 e. The van der Waals surface area contributed by atoms with Crippen LogP contribution in [0.15, 0.2) is 0 Å². The number of aliphatic hydroxyl groups excluding tert-OH is 3. The summed E-state index contributed by atoms with van der Waals surface area (Å²) >= 11 is 0.985. The fourth-order valence-electron chi connectivity index (χ4n) is 1.45. The lowest BCUT2D eigenvalue weighted by molar-refractivity contribution is -0.284. The predicted molar refractivity (Wildman–Crippen MR) is 56.8 cm³/mol. The summed E-state index contributed by atoms with van der Waals surface area (Å²) in [5, 5.41) is 28.5. The quantitative estimate of drug-likeness (QED) is 0.575. The molecular formula is C9H16O6S. The molecule has 7 heteroatoms. The Morgan fingerprint density at radius 3 is 2.44 bits per heavy atom. The molecule has 5 atom stereocenters. The topological polar surface area (TPSA) is 96.2 Å². The molecule has 0 aromatic heterocycles. The Hall–Kier alpha value is -0.180. The van der Waals surface area contributed by atoms with Crippen molar-refractivity contribution < 1.29 is 29.6 Å². The Kier molecular flexibility index (Phi) is 5.16. The van der Waals surface area contributed by atoms with Crippen LogP contribution in [0.25, 0.3) is 0 Å². The molecule has 1 aliphatic rings. The van der Waals surface area contributed by atoms with Gasteiger partial charge in [0, 0.05) is 19.8 Å². The van der Waals surface area contributed by atoms with Crippen molar-refractivity contribution in [1.29, 1.82) is 0 Å². The van der Waals surface area contributed by atoms with E-state index in [-0.39, 0.29) is 10.9 Å². The fourth-order valence-corrected chi connectivity index (χ4v) is 2.12. The lowest BCUT2D eigenvalue weighted by Gasteiger charge is -2.39. The molecule has 0 spiro atoms. The predicted octanol–water partition coefficient (Wildman–Crippen LogP) is -1.28. The molecule has 1 aliphatic heterocycles. The minimum Gasteiger partial charge on any atom is -0.388 e. The molecular weight excluding hydrogens is 236 g/mol. The van der Waals surface area contributed by atoms with Crippen molar-refractivity contribution in [1.82, 2.24) is 0 Å². The number of hydrogen-bond donors (Lipinski definition) is 3. The monoisotopic (exact) mass is 252 g/mol. The molecule has 0 amide bonds. The second kappa shape index (κ2) is 5.95. The summed E-state index contributed by atoms with van der Waals surface area (Å²) in [6.45, 7) is 1.40. The largest absolute Gasteiger partial charge is 0.388 e. The first-order valence-electron chi connectivity index (χ1n) is 4.83. The molecule has 0 bridgehead atoms. The summed E-state index contributed by atoms with van der Waals surface area (Å²) in [6.07, 6.45) is -5.59. The summed E-state index contributed by atoms with van der Waals surface area (Å²) in [4.78, 5) is 10.8. The van der Waals surface area contributed by atoms with E-state index in [0.717, 1.165) is 11.8 Å². The molecule has 0 saturated carbocycles. The van der Waals surface area contributed by atoms with Gasteiger partial charge in [0.25, 0.3) is 0 Å². The Labute approximate surface area is 97.5 Å². The van der Waals surface area contributed by atoms with Crippen LogP contribution < -0.4 is 0 Å². The summed E-state index contributed by atoms with van der Waals surface area (Å²) in [7, 11) is 1.33. The lowest BCUT2D eigenvalue weighted by atomic mass is 10.00. The number of rotatable bonds is 3. The van der Waals surface area contributed by atoms with Crippen LogP contribution >= 0.6 is 11.8 Å². The summed E-state index contributed by atoms with van der Waals surface area (Å²) < 4.78 is 10.0.